The summed E-state index contributed by atoms with van der Waals surface area (Å²) in [5, 5.41) is 5.84. The highest BCUT2D eigenvalue weighted by Gasteiger charge is 2.47. The second kappa shape index (κ2) is 12.2. The highest BCUT2D eigenvalue weighted by Crippen LogP contribution is 2.35. The molecule has 40 heavy (non-hydrogen) atoms. The Labute approximate surface area is 232 Å². The van der Waals surface area contributed by atoms with Gasteiger partial charge in [0.25, 0.3) is 5.91 Å². The molecule has 2 unspecified atom stereocenters. The minimum Gasteiger partial charge on any atom is -0.497 e. The van der Waals surface area contributed by atoms with E-state index in [1.165, 1.54) is 12.0 Å². The summed E-state index contributed by atoms with van der Waals surface area (Å²) in [6, 6.07) is 31.9. The molecule has 0 aromatic heterocycles. The van der Waals surface area contributed by atoms with Crippen molar-refractivity contribution in [3.8, 4) is 5.75 Å². The molecule has 8 nitrogen and oxygen atoms in total. The number of hydrogen-bond donors (Lipinski definition) is 2. The number of carbonyl (C=O) groups excluding carboxylic acids is 3. The quantitative estimate of drug-likeness (QED) is 0.302. The summed E-state index contributed by atoms with van der Waals surface area (Å²) in [6.45, 7) is 0.527. The standard InChI is InChI=1S/C32H29N3O5/c1-39-27-17-9-15-25(19-27)30(36)34-26-16-8-14-24(18-26)29-28(31(37)33-20-22-10-4-2-5-11-22)35(32(38)40-29)21-23-12-6-3-7-13-23/h2-19,28-29H,20-21H2,1H3,(H,33,37)(H,34,36). The van der Waals surface area contributed by atoms with Gasteiger partial charge in [-0.3, -0.25) is 14.5 Å². The highest BCUT2D eigenvalue weighted by atomic mass is 16.6. The van der Waals surface area contributed by atoms with Crippen molar-refractivity contribution in [2.45, 2.75) is 25.2 Å². The van der Waals surface area contributed by atoms with Crippen LogP contribution in [0.25, 0.3) is 0 Å². The van der Waals surface area contributed by atoms with Crippen LogP contribution in [0, 0.1) is 0 Å². The number of nitrogens with zero attached hydrogens (tertiary/aromatic N) is 1. The molecule has 1 aliphatic rings. The van der Waals surface area contributed by atoms with Gasteiger partial charge in [0.15, 0.2) is 12.1 Å². The van der Waals surface area contributed by atoms with Gasteiger partial charge in [0.05, 0.1) is 13.7 Å². The Balaban J connectivity index is 1.39. The van der Waals surface area contributed by atoms with Crippen LogP contribution in [-0.2, 0) is 22.6 Å². The van der Waals surface area contributed by atoms with E-state index in [1.807, 2.05) is 60.7 Å². The molecule has 4 aromatic rings. The van der Waals surface area contributed by atoms with Gasteiger partial charge in [-0.15, -0.1) is 0 Å². The van der Waals surface area contributed by atoms with E-state index in [2.05, 4.69) is 10.6 Å². The zero-order chi connectivity index (χ0) is 27.9. The van der Waals surface area contributed by atoms with Crippen molar-refractivity contribution in [3.63, 3.8) is 0 Å². The number of rotatable bonds is 9. The maximum atomic E-state index is 13.6. The van der Waals surface area contributed by atoms with Crippen LogP contribution >= 0.6 is 0 Å². The third-order valence-corrected chi connectivity index (χ3v) is 6.66. The van der Waals surface area contributed by atoms with E-state index < -0.39 is 18.2 Å². The number of methoxy groups -OCH3 is 1. The highest BCUT2D eigenvalue weighted by molar-refractivity contribution is 6.04. The number of amides is 3. The van der Waals surface area contributed by atoms with E-state index in [9.17, 15) is 14.4 Å². The maximum Gasteiger partial charge on any atom is 0.411 e. The molecular weight excluding hydrogens is 506 g/mol. The van der Waals surface area contributed by atoms with Gasteiger partial charge in [-0.25, -0.2) is 4.79 Å². The van der Waals surface area contributed by atoms with E-state index in [0.29, 0.717) is 29.1 Å². The minimum atomic E-state index is -0.916. The fourth-order valence-corrected chi connectivity index (χ4v) is 4.64. The first kappa shape index (κ1) is 26.5. The van der Waals surface area contributed by atoms with Gasteiger partial charge in [-0.2, -0.15) is 0 Å². The first-order chi connectivity index (χ1) is 19.5. The molecule has 8 heteroatoms. The summed E-state index contributed by atoms with van der Waals surface area (Å²) >= 11 is 0. The first-order valence-corrected chi connectivity index (χ1v) is 12.9. The van der Waals surface area contributed by atoms with Crippen molar-refractivity contribution >= 4 is 23.6 Å². The predicted molar refractivity (Wildman–Crippen MR) is 151 cm³/mol. The van der Waals surface area contributed by atoms with Crippen LogP contribution in [0.2, 0.25) is 0 Å². The topological polar surface area (TPSA) is 97.0 Å². The average molecular weight is 536 g/mol. The number of carbonyl (C=O) groups is 3. The number of ether oxygens (including phenoxy) is 2. The molecule has 0 aliphatic carbocycles. The van der Waals surface area contributed by atoms with Gasteiger partial charge < -0.3 is 20.1 Å². The molecule has 0 saturated carbocycles. The summed E-state index contributed by atoms with van der Waals surface area (Å²) < 4.78 is 11.0. The number of nitrogens with one attached hydrogen (secondary N) is 2. The largest absolute Gasteiger partial charge is 0.497 e. The van der Waals surface area contributed by atoms with Crippen LogP contribution in [0.3, 0.4) is 0 Å². The lowest BCUT2D eigenvalue weighted by molar-refractivity contribution is -0.126. The van der Waals surface area contributed by atoms with E-state index in [0.717, 1.165) is 11.1 Å². The summed E-state index contributed by atoms with van der Waals surface area (Å²) in [5.41, 5.74) is 3.34. The number of anilines is 1. The zero-order valence-corrected chi connectivity index (χ0v) is 21.9. The molecular formula is C32H29N3O5. The van der Waals surface area contributed by atoms with Gasteiger partial charge in [-0.05, 0) is 47.0 Å². The number of benzene rings is 4. The van der Waals surface area contributed by atoms with Crippen LogP contribution in [0.15, 0.2) is 109 Å². The number of cyclic esters (lactones) is 1. The summed E-state index contributed by atoms with van der Waals surface area (Å²) in [7, 11) is 1.54. The fraction of sp³-hybridized carbons (Fsp3) is 0.156. The Morgan fingerprint density at radius 1 is 0.850 bits per heavy atom. The molecule has 2 atom stereocenters. The summed E-state index contributed by atoms with van der Waals surface area (Å²) in [6.07, 6.45) is -1.46. The van der Waals surface area contributed by atoms with E-state index in [1.54, 1.807) is 48.5 Å². The molecule has 4 aromatic carbocycles. The minimum absolute atomic E-state index is 0.214. The third-order valence-electron chi connectivity index (χ3n) is 6.66. The Kier molecular flexibility index (Phi) is 8.06. The molecule has 1 saturated heterocycles. The average Bonchev–Trinajstić information content (AvgIpc) is 3.32. The molecule has 2 N–H and O–H groups in total. The molecule has 3 amide bonds. The number of hydrogen-bond acceptors (Lipinski definition) is 5. The molecule has 0 radical (unpaired) electrons. The van der Waals surface area contributed by atoms with Gasteiger partial charge >= 0.3 is 6.09 Å². The molecule has 1 fully saturated rings. The van der Waals surface area contributed by atoms with Crippen molar-refractivity contribution in [2.75, 3.05) is 12.4 Å². The smallest absolute Gasteiger partial charge is 0.411 e. The Hall–Kier alpha value is -5.11. The van der Waals surface area contributed by atoms with Crippen molar-refractivity contribution < 1.29 is 23.9 Å². The predicted octanol–water partition coefficient (Wildman–Crippen LogP) is 5.33. The Bertz CT molecular complexity index is 1490. The first-order valence-electron chi connectivity index (χ1n) is 12.9. The van der Waals surface area contributed by atoms with E-state index in [-0.39, 0.29) is 18.4 Å². The van der Waals surface area contributed by atoms with Crippen LogP contribution in [0.4, 0.5) is 10.5 Å². The second-order valence-electron chi connectivity index (χ2n) is 9.38. The Morgan fingerprint density at radius 2 is 1.55 bits per heavy atom. The Morgan fingerprint density at radius 3 is 2.27 bits per heavy atom. The van der Waals surface area contributed by atoms with Crippen molar-refractivity contribution in [1.29, 1.82) is 0 Å². The third kappa shape index (κ3) is 6.13. The SMILES string of the molecule is COc1cccc(C(=O)Nc2cccc(C3OC(=O)N(Cc4ccccc4)C3C(=O)NCc3ccccc3)c2)c1. The van der Waals surface area contributed by atoms with Crippen molar-refractivity contribution in [3.05, 3.63) is 131 Å². The zero-order valence-electron chi connectivity index (χ0n) is 21.9. The molecule has 1 heterocycles. The molecule has 202 valence electrons. The van der Waals surface area contributed by atoms with Gasteiger partial charge in [0, 0.05) is 17.8 Å². The van der Waals surface area contributed by atoms with Gasteiger partial charge in [0.1, 0.15) is 5.75 Å². The lowest BCUT2D eigenvalue weighted by Crippen LogP contribution is -2.46. The summed E-state index contributed by atoms with van der Waals surface area (Å²) in [4.78, 5) is 41.0. The van der Waals surface area contributed by atoms with Crippen molar-refractivity contribution in [1.82, 2.24) is 10.2 Å². The van der Waals surface area contributed by atoms with E-state index in [4.69, 9.17) is 9.47 Å². The van der Waals surface area contributed by atoms with E-state index >= 15 is 0 Å². The van der Waals surface area contributed by atoms with Gasteiger partial charge in [0.2, 0.25) is 5.91 Å². The molecule has 0 bridgehead atoms. The normalized spacial score (nSPS) is 16.2. The van der Waals surface area contributed by atoms with Crippen LogP contribution in [0.1, 0.15) is 33.2 Å². The van der Waals surface area contributed by atoms with Crippen LogP contribution in [-0.4, -0.2) is 36.0 Å². The molecule has 5 rings (SSSR count). The lowest BCUT2D eigenvalue weighted by Gasteiger charge is -2.24. The monoisotopic (exact) mass is 535 g/mol. The maximum absolute atomic E-state index is 13.6. The molecule has 0 spiro atoms. The van der Waals surface area contributed by atoms with Crippen LogP contribution < -0.4 is 15.4 Å². The molecule has 1 aliphatic heterocycles. The van der Waals surface area contributed by atoms with Gasteiger partial charge in [-0.1, -0.05) is 78.9 Å². The van der Waals surface area contributed by atoms with Crippen molar-refractivity contribution in [2.24, 2.45) is 0 Å². The lowest BCUT2D eigenvalue weighted by atomic mass is 10.00. The van der Waals surface area contributed by atoms with Crippen LogP contribution in [0.5, 0.6) is 5.75 Å². The second-order valence-corrected chi connectivity index (χ2v) is 9.38. The fourth-order valence-electron chi connectivity index (χ4n) is 4.64. The summed E-state index contributed by atoms with van der Waals surface area (Å²) in [5.74, 6) is -0.0779.